The zero-order valence-electron chi connectivity index (χ0n) is 18.3. The molecule has 1 aliphatic carbocycles. The number of sulfonamides is 1. The number of ether oxygens (including phenoxy) is 2. The molecular weight excluding hydrogens is 418 g/mol. The van der Waals surface area contributed by atoms with Crippen LogP contribution in [0.25, 0.3) is 0 Å². The van der Waals surface area contributed by atoms with Crippen molar-refractivity contribution in [3.05, 3.63) is 24.3 Å². The number of hydrogen-bond donors (Lipinski definition) is 2. The van der Waals surface area contributed by atoms with Crippen LogP contribution in [0, 0.1) is 11.8 Å². The number of carbonyl (C=O) groups excluding carboxylic acids is 1. The predicted octanol–water partition coefficient (Wildman–Crippen LogP) is 1.62. The third-order valence-corrected chi connectivity index (χ3v) is 7.64. The molecule has 2 aliphatic rings. The van der Waals surface area contributed by atoms with E-state index in [-0.39, 0.29) is 22.6 Å². The van der Waals surface area contributed by atoms with Gasteiger partial charge >= 0.3 is 0 Å². The summed E-state index contributed by atoms with van der Waals surface area (Å²) < 4.78 is 38.1. The van der Waals surface area contributed by atoms with E-state index in [1.165, 1.54) is 0 Å². The topological polar surface area (TPSA) is 97.0 Å². The lowest BCUT2D eigenvalue weighted by molar-refractivity contribution is -0.126. The largest absolute Gasteiger partial charge is 0.497 e. The summed E-state index contributed by atoms with van der Waals surface area (Å²) >= 11 is 0. The Morgan fingerprint density at radius 2 is 1.81 bits per heavy atom. The third kappa shape index (κ3) is 7.45. The number of nitrogens with one attached hydrogen (secondary N) is 2. The number of nitrogens with zero attached hydrogens (tertiary/aromatic N) is 1. The molecule has 1 saturated carbocycles. The molecule has 2 N–H and O–H groups in total. The minimum absolute atomic E-state index is 0.0397. The van der Waals surface area contributed by atoms with Crippen LogP contribution in [0.1, 0.15) is 32.1 Å². The fraction of sp³-hybridized carbons (Fsp3) is 0.682. The molecule has 31 heavy (non-hydrogen) atoms. The lowest BCUT2D eigenvalue weighted by atomic mass is 9.81. The molecule has 0 radical (unpaired) electrons. The van der Waals surface area contributed by atoms with Gasteiger partial charge in [-0.15, -0.1) is 0 Å². The molecule has 1 aromatic carbocycles. The van der Waals surface area contributed by atoms with Crippen molar-refractivity contribution in [2.75, 3.05) is 53.0 Å². The van der Waals surface area contributed by atoms with Gasteiger partial charge in [-0.3, -0.25) is 9.69 Å². The van der Waals surface area contributed by atoms with Gasteiger partial charge in [0.15, 0.2) is 0 Å². The van der Waals surface area contributed by atoms with Crippen molar-refractivity contribution in [1.82, 2.24) is 14.9 Å². The first kappa shape index (κ1) is 24.0. The van der Waals surface area contributed by atoms with Crippen LogP contribution in [0.2, 0.25) is 0 Å². The van der Waals surface area contributed by atoms with Gasteiger partial charge in [-0.05, 0) is 68.8 Å². The molecule has 1 amide bonds. The molecule has 0 aromatic heterocycles. The van der Waals surface area contributed by atoms with Crippen LogP contribution in [0.3, 0.4) is 0 Å². The van der Waals surface area contributed by atoms with Crippen LogP contribution in [0.5, 0.6) is 5.75 Å². The minimum atomic E-state index is -3.54. The molecular formula is C22H35N3O5S. The van der Waals surface area contributed by atoms with Crippen LogP contribution in [-0.4, -0.2) is 72.3 Å². The Labute approximate surface area is 185 Å². The zero-order valence-corrected chi connectivity index (χ0v) is 19.2. The summed E-state index contributed by atoms with van der Waals surface area (Å²) in [4.78, 5) is 15.0. The predicted molar refractivity (Wildman–Crippen MR) is 119 cm³/mol. The second-order valence-corrected chi connectivity index (χ2v) is 10.1. The number of rotatable bonds is 10. The van der Waals surface area contributed by atoms with Crippen LogP contribution >= 0.6 is 0 Å². The Morgan fingerprint density at radius 1 is 1.13 bits per heavy atom. The molecule has 0 spiro atoms. The second kappa shape index (κ2) is 11.8. The summed E-state index contributed by atoms with van der Waals surface area (Å²) in [6, 6.07) is 6.36. The molecule has 0 unspecified atom stereocenters. The van der Waals surface area contributed by atoms with Crippen molar-refractivity contribution < 1.29 is 22.7 Å². The Morgan fingerprint density at radius 3 is 2.45 bits per heavy atom. The minimum Gasteiger partial charge on any atom is -0.497 e. The standard InChI is InChI=1S/C22H35N3O5S/c1-29-20-7-9-21(10-8-20)31(27,28)24-17-18-3-5-19(6-4-18)22(26)23-11-2-12-25-13-15-30-16-14-25/h7-10,18-19,24H,2-6,11-17H2,1H3,(H,23,26). The first-order chi connectivity index (χ1) is 15.0. The summed E-state index contributed by atoms with van der Waals surface area (Å²) in [5, 5.41) is 3.08. The number of hydrogen-bond acceptors (Lipinski definition) is 6. The molecule has 2 fully saturated rings. The molecule has 0 bridgehead atoms. The van der Waals surface area contributed by atoms with E-state index < -0.39 is 10.0 Å². The first-order valence-electron chi connectivity index (χ1n) is 11.2. The van der Waals surface area contributed by atoms with Gasteiger partial charge in [0.2, 0.25) is 15.9 Å². The highest BCUT2D eigenvalue weighted by Crippen LogP contribution is 2.29. The summed E-state index contributed by atoms with van der Waals surface area (Å²) in [5.74, 6) is 1.06. The van der Waals surface area contributed by atoms with E-state index >= 15 is 0 Å². The van der Waals surface area contributed by atoms with Gasteiger partial charge in [0, 0.05) is 32.1 Å². The maximum atomic E-state index is 12.5. The quantitative estimate of drug-likeness (QED) is 0.523. The fourth-order valence-electron chi connectivity index (χ4n) is 4.18. The highest BCUT2D eigenvalue weighted by molar-refractivity contribution is 7.89. The lowest BCUT2D eigenvalue weighted by Crippen LogP contribution is -2.39. The van der Waals surface area contributed by atoms with Gasteiger partial charge in [0.05, 0.1) is 25.2 Å². The van der Waals surface area contributed by atoms with E-state index in [0.29, 0.717) is 18.8 Å². The Balaban J connectivity index is 1.32. The van der Waals surface area contributed by atoms with Gasteiger partial charge in [0.25, 0.3) is 0 Å². The molecule has 174 valence electrons. The summed E-state index contributed by atoms with van der Waals surface area (Å²) in [5.41, 5.74) is 0. The molecule has 1 saturated heterocycles. The van der Waals surface area contributed by atoms with E-state index in [2.05, 4.69) is 14.9 Å². The number of benzene rings is 1. The van der Waals surface area contributed by atoms with Crippen molar-refractivity contribution in [3.8, 4) is 5.75 Å². The highest BCUT2D eigenvalue weighted by Gasteiger charge is 2.27. The Bertz CT molecular complexity index is 786. The lowest BCUT2D eigenvalue weighted by Gasteiger charge is -2.28. The first-order valence-corrected chi connectivity index (χ1v) is 12.7. The Hall–Kier alpha value is -1.68. The summed E-state index contributed by atoms with van der Waals surface area (Å²) in [6.07, 6.45) is 4.29. The van der Waals surface area contributed by atoms with Crippen LogP contribution < -0.4 is 14.8 Å². The fourth-order valence-corrected chi connectivity index (χ4v) is 5.29. The van der Waals surface area contributed by atoms with Crippen LogP contribution in [-0.2, 0) is 19.6 Å². The SMILES string of the molecule is COc1ccc(S(=O)(=O)NCC2CCC(C(=O)NCCCN3CCOCC3)CC2)cc1. The van der Waals surface area contributed by atoms with Gasteiger partial charge in [0.1, 0.15) is 5.75 Å². The van der Waals surface area contributed by atoms with Crippen molar-refractivity contribution in [1.29, 1.82) is 0 Å². The van der Waals surface area contributed by atoms with Crippen molar-refractivity contribution in [2.24, 2.45) is 11.8 Å². The Kier molecular flexibility index (Phi) is 9.13. The van der Waals surface area contributed by atoms with Crippen molar-refractivity contribution in [2.45, 2.75) is 37.0 Å². The number of carbonyl (C=O) groups is 1. The summed E-state index contributed by atoms with van der Waals surface area (Å²) in [6.45, 7) is 5.64. The van der Waals surface area contributed by atoms with Gasteiger partial charge in [-0.25, -0.2) is 13.1 Å². The molecule has 0 atom stereocenters. The van der Waals surface area contributed by atoms with E-state index in [4.69, 9.17) is 9.47 Å². The second-order valence-electron chi connectivity index (χ2n) is 8.34. The average molecular weight is 454 g/mol. The highest BCUT2D eigenvalue weighted by atomic mass is 32.2. The van der Waals surface area contributed by atoms with E-state index in [1.807, 2.05) is 0 Å². The maximum Gasteiger partial charge on any atom is 0.240 e. The molecule has 9 heteroatoms. The summed E-state index contributed by atoms with van der Waals surface area (Å²) in [7, 11) is -1.99. The van der Waals surface area contributed by atoms with Gasteiger partial charge in [-0.2, -0.15) is 0 Å². The molecule has 3 rings (SSSR count). The number of methoxy groups -OCH3 is 1. The molecule has 1 heterocycles. The smallest absolute Gasteiger partial charge is 0.240 e. The number of amides is 1. The van der Waals surface area contributed by atoms with Crippen LogP contribution in [0.4, 0.5) is 0 Å². The monoisotopic (exact) mass is 453 g/mol. The maximum absolute atomic E-state index is 12.5. The van der Waals surface area contributed by atoms with E-state index in [0.717, 1.165) is 65.0 Å². The molecule has 1 aliphatic heterocycles. The van der Waals surface area contributed by atoms with Crippen molar-refractivity contribution >= 4 is 15.9 Å². The number of morpholine rings is 1. The van der Waals surface area contributed by atoms with Crippen molar-refractivity contribution in [3.63, 3.8) is 0 Å². The van der Waals surface area contributed by atoms with Crippen LogP contribution in [0.15, 0.2) is 29.2 Å². The average Bonchev–Trinajstić information content (AvgIpc) is 2.81. The zero-order chi connectivity index (χ0) is 22.1. The molecule has 8 nitrogen and oxygen atoms in total. The third-order valence-electron chi connectivity index (χ3n) is 6.20. The van der Waals surface area contributed by atoms with Gasteiger partial charge in [-0.1, -0.05) is 0 Å². The molecule has 1 aromatic rings. The van der Waals surface area contributed by atoms with E-state index in [9.17, 15) is 13.2 Å². The van der Waals surface area contributed by atoms with Gasteiger partial charge < -0.3 is 14.8 Å². The van der Waals surface area contributed by atoms with E-state index in [1.54, 1.807) is 31.4 Å². The normalized spacial score (nSPS) is 22.7.